The Morgan fingerprint density at radius 3 is 2.73 bits per heavy atom. The van der Waals surface area contributed by atoms with Crippen LogP contribution in [-0.4, -0.2) is 32.9 Å². The Morgan fingerprint density at radius 1 is 1.45 bits per heavy atom. The molecule has 3 rings (SSSR count). The van der Waals surface area contributed by atoms with Crippen molar-refractivity contribution < 1.29 is 4.79 Å². The van der Waals surface area contributed by atoms with Crippen molar-refractivity contribution in [3.8, 4) is 0 Å². The largest absolute Gasteiger partial charge is 0.369 e. The number of amides is 1. The summed E-state index contributed by atoms with van der Waals surface area (Å²) in [4.78, 5) is 22.0. The Hall–Kier alpha value is -1.03. The Balaban J connectivity index is 0.000000847. The average molecular weight is 433 g/mol. The van der Waals surface area contributed by atoms with Crippen molar-refractivity contribution in [2.75, 3.05) is 11.9 Å². The Morgan fingerprint density at radius 2 is 2.14 bits per heavy atom. The first-order valence-corrected chi connectivity index (χ1v) is 10.6. The lowest BCUT2D eigenvalue weighted by Gasteiger charge is -2.40. The molecule has 1 saturated carbocycles. The molecule has 2 heterocycles. The molecule has 6 nitrogen and oxygen atoms in total. The van der Waals surface area contributed by atoms with Gasteiger partial charge in [-0.25, -0.2) is 9.97 Å². The highest BCUT2D eigenvalue weighted by Crippen LogP contribution is 2.35. The van der Waals surface area contributed by atoms with Crippen LogP contribution in [-0.2, 0) is 4.79 Å². The zero-order chi connectivity index (χ0) is 16.3. The summed E-state index contributed by atoms with van der Waals surface area (Å²) in [5.41, 5.74) is 6.23. The van der Waals surface area contributed by atoms with Crippen LogP contribution in [0.5, 0.6) is 0 Å². The molecule has 1 amide bonds. The van der Waals surface area contributed by atoms with Crippen molar-refractivity contribution in [2.24, 2.45) is 11.7 Å². The number of halogens is 1. The van der Waals surface area contributed by atoms with Crippen LogP contribution in [0.3, 0.4) is 0 Å². The zero-order valence-corrected chi connectivity index (χ0v) is 15.8. The lowest BCUT2D eigenvalue weighted by molar-refractivity contribution is -0.124. The van der Waals surface area contributed by atoms with Crippen molar-refractivity contribution >= 4 is 53.1 Å². The Kier molecular flexibility index (Phi) is 5.90. The van der Waals surface area contributed by atoms with Crippen LogP contribution in [0.4, 0.5) is 5.82 Å². The van der Waals surface area contributed by atoms with E-state index in [9.17, 15) is 4.79 Å². The maximum Gasteiger partial charge on any atom is 0.220 e. The first kappa shape index (κ1) is 17.3. The van der Waals surface area contributed by atoms with E-state index in [4.69, 9.17) is 5.73 Å². The lowest BCUT2D eigenvalue weighted by Crippen LogP contribution is -2.47. The van der Waals surface area contributed by atoms with E-state index in [1.807, 2.05) is 37.1 Å². The van der Waals surface area contributed by atoms with Gasteiger partial charge in [0.15, 0.2) is 5.65 Å². The van der Waals surface area contributed by atoms with Crippen LogP contribution in [0, 0.1) is 5.92 Å². The molecule has 2 aromatic rings. The van der Waals surface area contributed by atoms with E-state index in [1.54, 1.807) is 15.4 Å². The number of carbonyl (C=O) groups is 1. The van der Waals surface area contributed by atoms with E-state index in [-0.39, 0.29) is 11.8 Å². The van der Waals surface area contributed by atoms with Crippen LogP contribution in [0.1, 0.15) is 26.7 Å². The van der Waals surface area contributed by atoms with E-state index in [0.29, 0.717) is 6.04 Å². The van der Waals surface area contributed by atoms with Gasteiger partial charge in [0.1, 0.15) is 12.1 Å². The highest BCUT2D eigenvalue weighted by atomic mass is 127. The van der Waals surface area contributed by atoms with Gasteiger partial charge >= 0.3 is 0 Å². The molecule has 0 bridgehead atoms. The number of primary amides is 1. The van der Waals surface area contributed by atoms with Crippen molar-refractivity contribution in [3.63, 3.8) is 0 Å². The molecule has 2 N–H and O–H groups in total. The molecule has 0 atom stereocenters. The number of anilines is 1. The first-order chi connectivity index (χ1) is 10.6. The first-order valence-electron chi connectivity index (χ1n) is 7.25. The summed E-state index contributed by atoms with van der Waals surface area (Å²) in [5.74, 6) is 0.719. The normalized spacial score (nSPS) is 20.0. The highest BCUT2D eigenvalue weighted by molar-refractivity contribution is 14.2. The molecule has 0 aromatic carbocycles. The van der Waals surface area contributed by atoms with Crippen molar-refractivity contribution in [1.29, 1.82) is 0 Å². The summed E-state index contributed by atoms with van der Waals surface area (Å²) in [6.07, 6.45) is 5.18. The quantitative estimate of drug-likeness (QED) is 0.751. The second-order valence-electron chi connectivity index (χ2n) is 4.98. The number of hydrogen-bond donors (Lipinski definition) is 1. The van der Waals surface area contributed by atoms with Gasteiger partial charge in [0, 0.05) is 55.5 Å². The summed E-state index contributed by atoms with van der Waals surface area (Å²) in [7, 11) is 3.59. The van der Waals surface area contributed by atoms with Gasteiger partial charge in [0.05, 0.1) is 5.39 Å². The van der Waals surface area contributed by atoms with Gasteiger partial charge in [-0.05, 0) is 18.9 Å². The molecule has 120 valence electrons. The molecule has 0 saturated heterocycles. The predicted octanol–water partition coefficient (Wildman–Crippen LogP) is 3.00. The summed E-state index contributed by atoms with van der Waals surface area (Å²) in [5, 5.41) is 1.03. The number of hydrogen-bond acceptors (Lipinski definition) is 5. The Bertz CT molecular complexity index is 656. The van der Waals surface area contributed by atoms with Crippen LogP contribution in [0.2, 0.25) is 0 Å². The zero-order valence-electron chi connectivity index (χ0n) is 12.9. The minimum absolute atomic E-state index is 0.00859. The van der Waals surface area contributed by atoms with Crippen molar-refractivity contribution in [1.82, 2.24) is 13.9 Å². The molecule has 0 unspecified atom stereocenters. The molecule has 8 heteroatoms. The monoisotopic (exact) mass is 433 g/mol. The molecule has 1 aliphatic rings. The fourth-order valence-electron chi connectivity index (χ4n) is 2.56. The Labute approximate surface area is 146 Å². The predicted molar refractivity (Wildman–Crippen MR) is 100.0 cm³/mol. The SMILES string of the molecule is CC.CN(c1ncnc2c1ccn2SI)C1CC(C(N)=O)C1. The third-order valence-electron chi connectivity index (χ3n) is 3.90. The third-order valence-corrected chi connectivity index (χ3v) is 5.62. The van der Waals surface area contributed by atoms with Crippen LogP contribution < -0.4 is 10.6 Å². The number of nitrogens with zero attached hydrogens (tertiary/aromatic N) is 4. The molecule has 0 aliphatic heterocycles. The van der Waals surface area contributed by atoms with Gasteiger partial charge in [0.25, 0.3) is 0 Å². The maximum absolute atomic E-state index is 11.1. The average Bonchev–Trinajstić information content (AvgIpc) is 2.90. The van der Waals surface area contributed by atoms with E-state index in [1.165, 1.54) is 0 Å². The summed E-state index contributed by atoms with van der Waals surface area (Å²) >= 11 is 2.22. The summed E-state index contributed by atoms with van der Waals surface area (Å²) in [6, 6.07) is 2.35. The van der Waals surface area contributed by atoms with E-state index < -0.39 is 0 Å². The summed E-state index contributed by atoms with van der Waals surface area (Å²) in [6.45, 7) is 4.00. The molecule has 0 spiro atoms. The number of rotatable bonds is 4. The third kappa shape index (κ3) is 3.17. The molecule has 1 fully saturated rings. The van der Waals surface area contributed by atoms with E-state index >= 15 is 0 Å². The fraction of sp³-hybridized carbons (Fsp3) is 0.500. The number of carbonyl (C=O) groups excluding carboxylic acids is 1. The van der Waals surface area contributed by atoms with E-state index in [2.05, 4.69) is 36.1 Å². The highest BCUT2D eigenvalue weighted by Gasteiger charge is 2.36. The molecule has 22 heavy (non-hydrogen) atoms. The number of aromatic nitrogens is 3. The van der Waals surface area contributed by atoms with Crippen molar-refractivity contribution in [2.45, 2.75) is 32.7 Å². The summed E-state index contributed by atoms with van der Waals surface area (Å²) < 4.78 is 2.00. The molecule has 2 aromatic heterocycles. The van der Waals surface area contributed by atoms with Gasteiger partial charge in [-0.15, -0.1) is 0 Å². The second-order valence-corrected chi connectivity index (χ2v) is 6.69. The molecular weight excluding hydrogens is 413 g/mol. The standard InChI is InChI=1S/C12H14IN5OS.C2H6/c1-17(8-4-7(5-8)10(14)19)11-9-2-3-18(20-13)12(9)16-6-15-11;1-2/h2-3,6-8H,4-5H2,1H3,(H2,14,19);1-2H3. The topological polar surface area (TPSA) is 77.0 Å². The minimum atomic E-state index is -0.199. The number of fused-ring (bicyclic) bond motifs is 1. The molecule has 0 radical (unpaired) electrons. The minimum Gasteiger partial charge on any atom is -0.369 e. The lowest BCUT2D eigenvalue weighted by atomic mass is 9.79. The van der Waals surface area contributed by atoms with Crippen LogP contribution in [0.25, 0.3) is 11.0 Å². The number of nitrogens with two attached hydrogens (primary N) is 1. The van der Waals surface area contributed by atoms with Gasteiger partial charge in [-0.2, -0.15) is 0 Å². The van der Waals surface area contributed by atoms with Crippen molar-refractivity contribution in [3.05, 3.63) is 18.6 Å². The van der Waals surface area contributed by atoms with Crippen LogP contribution >= 0.6 is 30.3 Å². The fourth-order valence-corrected chi connectivity index (χ4v) is 3.83. The van der Waals surface area contributed by atoms with Gasteiger partial charge in [0.2, 0.25) is 5.91 Å². The maximum atomic E-state index is 11.1. The van der Waals surface area contributed by atoms with Crippen LogP contribution in [0.15, 0.2) is 18.6 Å². The molecule has 1 aliphatic carbocycles. The van der Waals surface area contributed by atoms with E-state index in [0.717, 1.165) is 29.7 Å². The van der Waals surface area contributed by atoms with Gasteiger partial charge in [-0.3, -0.25) is 8.77 Å². The van der Waals surface area contributed by atoms with Gasteiger partial charge < -0.3 is 10.6 Å². The van der Waals surface area contributed by atoms with Gasteiger partial charge in [-0.1, -0.05) is 13.8 Å². The smallest absolute Gasteiger partial charge is 0.220 e. The second kappa shape index (κ2) is 7.49. The molecular formula is C14H20IN5OS.